The van der Waals surface area contributed by atoms with Gasteiger partial charge in [-0.05, 0) is 78.9 Å². The van der Waals surface area contributed by atoms with Crippen molar-refractivity contribution in [2.24, 2.45) is 0 Å². The van der Waals surface area contributed by atoms with Crippen molar-refractivity contribution in [2.75, 3.05) is 0 Å². The molecular weight excluding hydrogens is 582 g/mol. The van der Waals surface area contributed by atoms with Crippen molar-refractivity contribution in [3.05, 3.63) is 126 Å². The SMILES string of the molecule is Cc1cc2c(cc1C)[n+](CC(=O)c1ccc3ccccc3c1)cn2CCCCn1c2ccccc2c2ccccc21.[Br-]. The lowest BCUT2D eigenvalue weighted by Crippen LogP contribution is -3.00. The fourth-order valence-corrected chi connectivity index (χ4v) is 6.25. The predicted octanol–water partition coefficient (Wildman–Crippen LogP) is 5.17. The number of rotatable bonds is 8. The largest absolute Gasteiger partial charge is 1.00 e. The molecule has 42 heavy (non-hydrogen) atoms. The number of carbonyl (C=O) groups is 1. The van der Waals surface area contributed by atoms with Crippen LogP contribution >= 0.6 is 0 Å². The van der Waals surface area contributed by atoms with E-state index < -0.39 is 0 Å². The number of fused-ring (bicyclic) bond motifs is 5. The molecule has 2 heterocycles. The van der Waals surface area contributed by atoms with E-state index in [9.17, 15) is 4.79 Å². The number of imidazole rings is 1. The summed E-state index contributed by atoms with van der Waals surface area (Å²) >= 11 is 0. The minimum absolute atomic E-state index is 0. The normalized spacial score (nSPS) is 11.5. The van der Waals surface area contributed by atoms with Gasteiger partial charge in [0.05, 0.1) is 6.54 Å². The molecule has 2 aromatic heterocycles. The van der Waals surface area contributed by atoms with Gasteiger partial charge in [0, 0.05) is 33.9 Å². The van der Waals surface area contributed by atoms with Crippen LogP contribution in [0.15, 0.2) is 109 Å². The van der Waals surface area contributed by atoms with Crippen LogP contribution in [0, 0.1) is 13.8 Å². The Hall–Kier alpha value is -4.22. The second kappa shape index (κ2) is 11.6. The summed E-state index contributed by atoms with van der Waals surface area (Å²) < 4.78 is 6.93. The Morgan fingerprint density at radius 2 is 1.29 bits per heavy atom. The number of nitrogens with zero attached hydrogens (tertiary/aromatic N) is 3. The van der Waals surface area contributed by atoms with Gasteiger partial charge in [0.2, 0.25) is 12.1 Å². The zero-order chi connectivity index (χ0) is 27.9. The molecule has 0 spiro atoms. The minimum atomic E-state index is 0. The molecule has 5 heteroatoms. The van der Waals surface area contributed by atoms with E-state index >= 15 is 0 Å². The molecule has 0 aliphatic rings. The fraction of sp³-hybridized carbons (Fsp3) is 0.189. The van der Waals surface area contributed by atoms with Crippen LogP contribution in [-0.4, -0.2) is 14.9 Å². The molecule has 0 atom stereocenters. The highest BCUT2D eigenvalue weighted by molar-refractivity contribution is 6.08. The van der Waals surface area contributed by atoms with E-state index in [1.54, 1.807) is 0 Å². The van der Waals surface area contributed by atoms with E-state index in [0.29, 0.717) is 6.54 Å². The molecule has 0 amide bonds. The predicted molar refractivity (Wildman–Crippen MR) is 169 cm³/mol. The van der Waals surface area contributed by atoms with E-state index in [-0.39, 0.29) is 22.8 Å². The first-order valence-corrected chi connectivity index (χ1v) is 14.5. The number of halogens is 1. The van der Waals surface area contributed by atoms with E-state index in [1.165, 1.54) is 38.4 Å². The summed E-state index contributed by atoms with van der Waals surface area (Å²) in [5.74, 6) is 0.129. The van der Waals surface area contributed by atoms with Crippen LogP contribution in [0.1, 0.15) is 34.3 Å². The Bertz CT molecular complexity index is 2030. The monoisotopic (exact) mass is 615 g/mol. The second-order valence-corrected chi connectivity index (χ2v) is 11.2. The molecule has 0 saturated carbocycles. The zero-order valence-electron chi connectivity index (χ0n) is 24.1. The van der Waals surface area contributed by atoms with Crippen LogP contribution in [0.2, 0.25) is 0 Å². The first kappa shape index (κ1) is 27.9. The lowest BCUT2D eigenvalue weighted by Gasteiger charge is -2.07. The molecule has 0 unspecified atom stereocenters. The van der Waals surface area contributed by atoms with E-state index in [0.717, 1.165) is 47.8 Å². The lowest BCUT2D eigenvalue weighted by atomic mass is 10.0. The molecule has 0 fully saturated rings. The van der Waals surface area contributed by atoms with Crippen LogP contribution < -0.4 is 21.5 Å². The van der Waals surface area contributed by atoms with Crippen LogP contribution in [0.4, 0.5) is 0 Å². The molecule has 0 N–H and O–H groups in total. The third kappa shape index (κ3) is 5.03. The Labute approximate surface area is 256 Å². The Morgan fingerprint density at radius 1 is 0.667 bits per heavy atom. The van der Waals surface area contributed by atoms with Crippen LogP contribution in [0.5, 0.6) is 0 Å². The van der Waals surface area contributed by atoms with Gasteiger partial charge in [0.25, 0.3) is 0 Å². The quantitative estimate of drug-likeness (QED) is 0.132. The number of Topliss-reactive ketones (excluding diaryl/α,β-unsaturated/α-hetero) is 1. The number of aryl methyl sites for hydroxylation is 4. The van der Waals surface area contributed by atoms with Crippen molar-refractivity contribution >= 4 is 49.4 Å². The molecule has 7 rings (SSSR count). The number of aromatic nitrogens is 3. The highest BCUT2D eigenvalue weighted by Gasteiger charge is 2.20. The standard InChI is InChI=1S/C37H34N3O.BrH/c1-26-21-35-36(22-27(26)2)39(24-37(41)30-18-17-28-11-3-4-12-29(28)23-30)25-38(35)19-9-10-20-40-33-15-7-5-13-31(33)32-14-6-8-16-34(32)40;/h3-8,11-18,21-23,25H,9-10,19-20,24H2,1-2H3;1H/q+1;/p-1. The molecule has 0 radical (unpaired) electrons. The maximum atomic E-state index is 13.4. The topological polar surface area (TPSA) is 30.8 Å². The average molecular weight is 617 g/mol. The molecule has 0 saturated heterocycles. The summed E-state index contributed by atoms with van der Waals surface area (Å²) in [4.78, 5) is 13.4. The van der Waals surface area contributed by atoms with Gasteiger partial charge < -0.3 is 21.5 Å². The maximum absolute atomic E-state index is 13.4. The first-order valence-electron chi connectivity index (χ1n) is 14.5. The molecule has 210 valence electrons. The van der Waals surface area contributed by atoms with Gasteiger partial charge in [-0.3, -0.25) is 4.79 Å². The molecule has 5 aromatic carbocycles. The average Bonchev–Trinajstić information content (AvgIpc) is 3.49. The second-order valence-electron chi connectivity index (χ2n) is 11.2. The number of carbonyl (C=O) groups excluding carboxylic acids is 1. The summed E-state index contributed by atoms with van der Waals surface area (Å²) in [5.41, 5.74) is 8.18. The lowest BCUT2D eigenvalue weighted by molar-refractivity contribution is -0.658. The molecular formula is C37H34BrN3O. The summed E-state index contributed by atoms with van der Waals surface area (Å²) in [6.45, 7) is 6.52. The van der Waals surface area contributed by atoms with E-state index in [4.69, 9.17) is 0 Å². The van der Waals surface area contributed by atoms with E-state index in [1.807, 2.05) is 30.3 Å². The van der Waals surface area contributed by atoms with Gasteiger partial charge in [-0.1, -0.05) is 72.8 Å². The van der Waals surface area contributed by atoms with Crippen molar-refractivity contribution in [1.82, 2.24) is 9.13 Å². The molecule has 0 aliphatic heterocycles. The van der Waals surface area contributed by atoms with Crippen LogP contribution in [0.25, 0.3) is 43.6 Å². The van der Waals surface area contributed by atoms with Gasteiger partial charge in [-0.2, -0.15) is 0 Å². The first-order chi connectivity index (χ1) is 20.1. The Balaban J connectivity index is 0.00000316. The number of unbranched alkanes of at least 4 members (excludes halogenated alkanes) is 1. The van der Waals surface area contributed by atoms with Crippen LogP contribution in [-0.2, 0) is 19.6 Å². The minimum Gasteiger partial charge on any atom is -1.00 e. The number of benzene rings is 5. The van der Waals surface area contributed by atoms with Crippen LogP contribution in [0.3, 0.4) is 0 Å². The van der Waals surface area contributed by atoms with Crippen molar-refractivity contribution in [3.63, 3.8) is 0 Å². The highest BCUT2D eigenvalue weighted by Crippen LogP contribution is 2.29. The highest BCUT2D eigenvalue weighted by atomic mass is 79.9. The Kier molecular flexibility index (Phi) is 7.70. The third-order valence-electron chi connectivity index (χ3n) is 8.58. The molecule has 4 nitrogen and oxygen atoms in total. The van der Waals surface area contributed by atoms with Gasteiger partial charge in [-0.15, -0.1) is 0 Å². The van der Waals surface area contributed by atoms with Crippen molar-refractivity contribution in [3.8, 4) is 0 Å². The van der Waals surface area contributed by atoms with E-state index in [2.05, 4.69) is 107 Å². The summed E-state index contributed by atoms with van der Waals surface area (Å²) in [5, 5.41) is 4.89. The zero-order valence-corrected chi connectivity index (χ0v) is 25.6. The summed E-state index contributed by atoms with van der Waals surface area (Å²) in [6.07, 6.45) is 4.27. The fourth-order valence-electron chi connectivity index (χ4n) is 6.25. The summed E-state index contributed by atoms with van der Waals surface area (Å²) in [7, 11) is 0. The molecule has 0 aliphatic carbocycles. The molecule has 0 bridgehead atoms. The smallest absolute Gasteiger partial charge is 0.245 e. The van der Waals surface area contributed by atoms with Crippen molar-refractivity contribution in [1.29, 1.82) is 0 Å². The third-order valence-corrected chi connectivity index (χ3v) is 8.58. The van der Waals surface area contributed by atoms with Gasteiger partial charge in [-0.25, -0.2) is 9.13 Å². The number of para-hydroxylation sites is 2. The van der Waals surface area contributed by atoms with Crippen molar-refractivity contribution in [2.45, 2.75) is 46.3 Å². The van der Waals surface area contributed by atoms with Gasteiger partial charge >= 0.3 is 0 Å². The Morgan fingerprint density at radius 3 is 2.02 bits per heavy atom. The number of hydrogen-bond donors (Lipinski definition) is 0. The van der Waals surface area contributed by atoms with Gasteiger partial charge in [0.15, 0.2) is 17.6 Å². The molecule has 7 aromatic rings. The van der Waals surface area contributed by atoms with Crippen molar-refractivity contribution < 1.29 is 26.3 Å². The van der Waals surface area contributed by atoms with Gasteiger partial charge in [0.1, 0.15) is 0 Å². The summed E-state index contributed by atoms with van der Waals surface area (Å²) in [6, 6.07) is 36.1. The number of hydrogen-bond acceptors (Lipinski definition) is 1. The maximum Gasteiger partial charge on any atom is 0.245 e. The number of ketones is 1.